The van der Waals surface area contributed by atoms with E-state index in [0.29, 0.717) is 12.1 Å². The lowest BCUT2D eigenvalue weighted by atomic mass is 10.1. The van der Waals surface area contributed by atoms with Gasteiger partial charge in [0, 0.05) is 19.2 Å². The molecule has 0 bridgehead atoms. The summed E-state index contributed by atoms with van der Waals surface area (Å²) in [5.74, 6) is -0.404. The third-order valence-corrected chi connectivity index (χ3v) is 3.22. The van der Waals surface area contributed by atoms with Crippen LogP contribution in [0.1, 0.15) is 27.3 Å². The van der Waals surface area contributed by atoms with Crippen LogP contribution in [0.25, 0.3) is 0 Å². The van der Waals surface area contributed by atoms with Crippen molar-refractivity contribution in [3.63, 3.8) is 0 Å². The molecule has 2 rings (SSSR count). The van der Waals surface area contributed by atoms with E-state index < -0.39 is 5.91 Å². The van der Waals surface area contributed by atoms with Crippen molar-refractivity contribution in [3.8, 4) is 0 Å². The number of carbonyl (C=O) groups is 1. The number of carbonyl (C=O) groups excluding carboxylic acids is 1. The predicted molar refractivity (Wildman–Crippen MR) is 75.0 cm³/mol. The van der Waals surface area contributed by atoms with Gasteiger partial charge in [-0.05, 0) is 31.5 Å². The lowest BCUT2D eigenvalue weighted by molar-refractivity contribution is 0.100. The zero-order valence-corrected chi connectivity index (χ0v) is 11.4. The Labute approximate surface area is 112 Å². The van der Waals surface area contributed by atoms with Gasteiger partial charge in [-0.1, -0.05) is 12.1 Å². The number of amides is 1. The Morgan fingerprint density at radius 3 is 2.42 bits per heavy atom. The van der Waals surface area contributed by atoms with Gasteiger partial charge in [-0.2, -0.15) is 5.10 Å². The molecule has 0 aliphatic carbocycles. The molecule has 1 aromatic carbocycles. The lowest BCUT2D eigenvalue weighted by Gasteiger charge is -2.07. The van der Waals surface area contributed by atoms with E-state index in [0.717, 1.165) is 22.6 Å². The van der Waals surface area contributed by atoms with Crippen molar-refractivity contribution in [2.45, 2.75) is 20.4 Å². The fourth-order valence-corrected chi connectivity index (χ4v) is 2.01. The van der Waals surface area contributed by atoms with Crippen LogP contribution in [-0.2, 0) is 13.6 Å². The molecule has 1 heterocycles. The van der Waals surface area contributed by atoms with E-state index in [2.05, 4.69) is 10.4 Å². The highest BCUT2D eigenvalue weighted by Crippen LogP contribution is 2.19. The molecule has 0 aliphatic rings. The summed E-state index contributed by atoms with van der Waals surface area (Å²) >= 11 is 0. The van der Waals surface area contributed by atoms with Crippen molar-refractivity contribution in [2.24, 2.45) is 12.8 Å². The number of nitrogens with two attached hydrogens (primary N) is 1. The molecule has 5 heteroatoms. The smallest absolute Gasteiger partial charge is 0.248 e. The van der Waals surface area contributed by atoms with Crippen LogP contribution in [0.3, 0.4) is 0 Å². The first-order valence-corrected chi connectivity index (χ1v) is 6.12. The van der Waals surface area contributed by atoms with Crippen LogP contribution in [0.2, 0.25) is 0 Å². The summed E-state index contributed by atoms with van der Waals surface area (Å²) < 4.78 is 1.86. The monoisotopic (exact) mass is 258 g/mol. The number of aromatic nitrogens is 2. The van der Waals surface area contributed by atoms with Crippen LogP contribution in [-0.4, -0.2) is 15.7 Å². The van der Waals surface area contributed by atoms with Gasteiger partial charge in [0.1, 0.15) is 0 Å². The van der Waals surface area contributed by atoms with E-state index in [1.54, 1.807) is 12.1 Å². The fourth-order valence-electron chi connectivity index (χ4n) is 2.01. The minimum absolute atomic E-state index is 0.404. The number of anilines is 1. The van der Waals surface area contributed by atoms with E-state index >= 15 is 0 Å². The third-order valence-electron chi connectivity index (χ3n) is 3.22. The van der Waals surface area contributed by atoms with Crippen LogP contribution in [0, 0.1) is 13.8 Å². The highest BCUT2D eigenvalue weighted by Gasteiger charge is 2.08. The van der Waals surface area contributed by atoms with E-state index in [1.807, 2.05) is 37.7 Å². The minimum atomic E-state index is -0.404. The molecule has 3 N–H and O–H groups in total. The van der Waals surface area contributed by atoms with E-state index in [1.165, 1.54) is 0 Å². The van der Waals surface area contributed by atoms with Crippen LogP contribution in [0.5, 0.6) is 0 Å². The first-order chi connectivity index (χ1) is 8.99. The Balaban J connectivity index is 2.08. The van der Waals surface area contributed by atoms with Gasteiger partial charge in [0.2, 0.25) is 5.91 Å². The van der Waals surface area contributed by atoms with Gasteiger partial charge >= 0.3 is 0 Å². The topological polar surface area (TPSA) is 72.9 Å². The van der Waals surface area contributed by atoms with Gasteiger partial charge in [0.15, 0.2) is 0 Å². The maximum absolute atomic E-state index is 11.0. The first-order valence-electron chi connectivity index (χ1n) is 6.12. The summed E-state index contributed by atoms with van der Waals surface area (Å²) in [4.78, 5) is 11.0. The second-order valence-electron chi connectivity index (χ2n) is 4.58. The molecule has 0 radical (unpaired) electrons. The number of aryl methyl sites for hydroxylation is 2. The molecule has 0 spiro atoms. The largest absolute Gasteiger partial charge is 0.378 e. The summed E-state index contributed by atoms with van der Waals surface area (Å²) in [5, 5.41) is 7.72. The van der Waals surface area contributed by atoms with E-state index in [4.69, 9.17) is 5.73 Å². The number of nitrogens with zero attached hydrogens (tertiary/aromatic N) is 2. The highest BCUT2D eigenvalue weighted by molar-refractivity contribution is 5.92. The van der Waals surface area contributed by atoms with Crippen LogP contribution in [0.4, 0.5) is 5.69 Å². The molecule has 2 aromatic rings. The Hall–Kier alpha value is -2.30. The maximum Gasteiger partial charge on any atom is 0.248 e. The zero-order chi connectivity index (χ0) is 14.0. The van der Waals surface area contributed by atoms with Gasteiger partial charge in [-0.25, -0.2) is 0 Å². The molecular weight excluding hydrogens is 240 g/mol. The average molecular weight is 258 g/mol. The second-order valence-corrected chi connectivity index (χ2v) is 4.58. The molecular formula is C14H18N4O. The summed E-state index contributed by atoms with van der Waals surface area (Å²) in [6.07, 6.45) is 0. The van der Waals surface area contributed by atoms with Crippen LogP contribution >= 0.6 is 0 Å². The quantitative estimate of drug-likeness (QED) is 0.877. The van der Waals surface area contributed by atoms with Gasteiger partial charge in [-0.3, -0.25) is 9.48 Å². The number of hydrogen-bond acceptors (Lipinski definition) is 3. The second kappa shape index (κ2) is 5.14. The molecule has 0 unspecified atom stereocenters. The van der Waals surface area contributed by atoms with Gasteiger partial charge in [0.05, 0.1) is 17.1 Å². The number of primary amides is 1. The van der Waals surface area contributed by atoms with Crippen molar-refractivity contribution in [1.82, 2.24) is 9.78 Å². The fraction of sp³-hybridized carbons (Fsp3) is 0.286. The molecule has 0 saturated carbocycles. The summed E-state index contributed by atoms with van der Waals surface area (Å²) in [7, 11) is 1.93. The van der Waals surface area contributed by atoms with Crippen molar-refractivity contribution in [2.75, 3.05) is 5.32 Å². The van der Waals surface area contributed by atoms with E-state index in [9.17, 15) is 4.79 Å². The molecule has 100 valence electrons. The summed E-state index contributed by atoms with van der Waals surface area (Å²) in [5.41, 5.74) is 9.96. The molecule has 0 atom stereocenters. The van der Waals surface area contributed by atoms with Gasteiger partial charge in [0.25, 0.3) is 0 Å². The molecule has 1 aromatic heterocycles. The van der Waals surface area contributed by atoms with E-state index in [-0.39, 0.29) is 0 Å². The number of rotatable bonds is 4. The van der Waals surface area contributed by atoms with Gasteiger partial charge in [-0.15, -0.1) is 0 Å². The number of hydrogen-bond donors (Lipinski definition) is 2. The molecule has 0 fully saturated rings. The Bertz CT molecular complexity index is 599. The van der Waals surface area contributed by atoms with Gasteiger partial charge < -0.3 is 11.1 Å². The molecule has 0 aliphatic heterocycles. The lowest BCUT2D eigenvalue weighted by Crippen LogP contribution is -2.10. The van der Waals surface area contributed by atoms with Crippen molar-refractivity contribution in [3.05, 3.63) is 46.8 Å². The Kier molecular flexibility index (Phi) is 3.55. The SMILES string of the molecule is Cc1nn(C)c(C)c1NCc1ccc(C(N)=O)cc1. The number of nitrogens with one attached hydrogen (secondary N) is 1. The summed E-state index contributed by atoms with van der Waals surface area (Å²) in [6, 6.07) is 7.27. The summed E-state index contributed by atoms with van der Waals surface area (Å²) in [6.45, 7) is 4.69. The zero-order valence-electron chi connectivity index (χ0n) is 11.4. The van der Waals surface area contributed by atoms with Crippen molar-refractivity contribution < 1.29 is 4.79 Å². The average Bonchev–Trinajstić information content (AvgIpc) is 2.62. The Morgan fingerprint density at radius 2 is 1.95 bits per heavy atom. The van der Waals surface area contributed by atoms with Crippen molar-refractivity contribution >= 4 is 11.6 Å². The highest BCUT2D eigenvalue weighted by atomic mass is 16.1. The standard InChI is InChI=1S/C14H18N4O/c1-9-13(10(2)18(3)17-9)16-8-11-4-6-12(7-5-11)14(15)19/h4-7,16H,8H2,1-3H3,(H2,15,19). The third kappa shape index (κ3) is 2.76. The molecule has 5 nitrogen and oxygen atoms in total. The molecule has 1 amide bonds. The maximum atomic E-state index is 11.0. The predicted octanol–water partition coefficient (Wildman–Crippen LogP) is 1.75. The van der Waals surface area contributed by atoms with Crippen LogP contribution < -0.4 is 11.1 Å². The minimum Gasteiger partial charge on any atom is -0.378 e. The molecule has 19 heavy (non-hydrogen) atoms. The first kappa shape index (κ1) is 13.1. The normalized spacial score (nSPS) is 10.5. The van der Waals surface area contributed by atoms with Crippen LogP contribution in [0.15, 0.2) is 24.3 Å². The Morgan fingerprint density at radius 1 is 1.32 bits per heavy atom. The molecule has 0 saturated heterocycles. The van der Waals surface area contributed by atoms with Crippen molar-refractivity contribution in [1.29, 1.82) is 0 Å². The number of benzene rings is 1.